The van der Waals surface area contributed by atoms with Crippen LogP contribution in [0.1, 0.15) is 38.7 Å². The molecular weight excluding hydrogens is 230 g/mol. The molecule has 1 heteroatoms. The third kappa shape index (κ3) is 2.06. The molecule has 0 bridgehead atoms. The summed E-state index contributed by atoms with van der Waals surface area (Å²) in [6.45, 7) is 8.05. The van der Waals surface area contributed by atoms with Crippen molar-refractivity contribution in [2.24, 2.45) is 5.41 Å². The molecule has 2 atom stereocenters. The van der Waals surface area contributed by atoms with E-state index in [-0.39, 0.29) is 0 Å². The van der Waals surface area contributed by atoms with E-state index in [1.165, 1.54) is 22.8 Å². The molecule has 1 saturated carbocycles. The van der Waals surface area contributed by atoms with Crippen LogP contribution in [0.4, 0.5) is 0 Å². The van der Waals surface area contributed by atoms with Gasteiger partial charge in [-0.05, 0) is 40.6 Å². The maximum Gasteiger partial charge on any atom is 0.0130 e. The van der Waals surface area contributed by atoms with Gasteiger partial charge in [-0.3, -0.25) is 0 Å². The van der Waals surface area contributed by atoms with Gasteiger partial charge in [-0.15, -0.1) is 0 Å². The SMILES string of the molecule is CCNC1CC(c2ccc3ccccc3c2)C1(C)C. The van der Waals surface area contributed by atoms with Gasteiger partial charge in [-0.1, -0.05) is 63.2 Å². The van der Waals surface area contributed by atoms with Crippen molar-refractivity contribution in [3.05, 3.63) is 48.0 Å². The zero-order valence-electron chi connectivity index (χ0n) is 12.1. The first kappa shape index (κ1) is 12.7. The molecule has 1 aliphatic rings. The Hall–Kier alpha value is -1.34. The Kier molecular flexibility index (Phi) is 3.10. The Morgan fingerprint density at radius 3 is 2.53 bits per heavy atom. The summed E-state index contributed by atoms with van der Waals surface area (Å²) in [7, 11) is 0. The molecule has 1 fully saturated rings. The average molecular weight is 253 g/mol. The summed E-state index contributed by atoms with van der Waals surface area (Å²) in [5.74, 6) is 0.682. The van der Waals surface area contributed by atoms with Gasteiger partial charge in [-0.25, -0.2) is 0 Å². The van der Waals surface area contributed by atoms with Gasteiger partial charge in [0.1, 0.15) is 0 Å². The first-order valence-electron chi connectivity index (χ1n) is 7.35. The van der Waals surface area contributed by atoms with Gasteiger partial charge >= 0.3 is 0 Å². The number of hydrogen-bond acceptors (Lipinski definition) is 1. The van der Waals surface area contributed by atoms with E-state index in [1.807, 2.05) is 0 Å². The highest BCUT2D eigenvalue weighted by Crippen LogP contribution is 2.52. The molecule has 0 heterocycles. The lowest BCUT2D eigenvalue weighted by molar-refractivity contribution is 0.0707. The number of hydrogen-bond donors (Lipinski definition) is 1. The molecule has 1 aliphatic carbocycles. The zero-order chi connectivity index (χ0) is 13.5. The van der Waals surface area contributed by atoms with E-state index in [9.17, 15) is 0 Å². The smallest absolute Gasteiger partial charge is 0.0130 e. The quantitative estimate of drug-likeness (QED) is 0.858. The maximum atomic E-state index is 3.61. The molecule has 2 aromatic carbocycles. The van der Waals surface area contributed by atoms with Gasteiger partial charge in [0.2, 0.25) is 0 Å². The maximum absolute atomic E-state index is 3.61. The Morgan fingerprint density at radius 2 is 1.84 bits per heavy atom. The van der Waals surface area contributed by atoms with Crippen molar-refractivity contribution < 1.29 is 0 Å². The minimum absolute atomic E-state index is 0.360. The van der Waals surface area contributed by atoms with Crippen molar-refractivity contribution >= 4 is 10.8 Å². The van der Waals surface area contributed by atoms with E-state index in [4.69, 9.17) is 0 Å². The van der Waals surface area contributed by atoms with Crippen LogP contribution in [-0.2, 0) is 0 Å². The summed E-state index contributed by atoms with van der Waals surface area (Å²) in [5.41, 5.74) is 1.86. The second kappa shape index (κ2) is 4.64. The Labute approximate surface area is 116 Å². The summed E-state index contributed by atoms with van der Waals surface area (Å²) >= 11 is 0. The van der Waals surface area contributed by atoms with Gasteiger partial charge in [0.15, 0.2) is 0 Å². The van der Waals surface area contributed by atoms with E-state index in [0.717, 1.165) is 6.54 Å². The first-order chi connectivity index (χ1) is 9.13. The normalized spacial score (nSPS) is 25.2. The highest BCUT2D eigenvalue weighted by atomic mass is 15.0. The average Bonchev–Trinajstić information content (AvgIpc) is 2.42. The number of rotatable bonds is 3. The number of fused-ring (bicyclic) bond motifs is 1. The molecule has 0 aromatic heterocycles. The lowest BCUT2D eigenvalue weighted by Gasteiger charge is -2.53. The van der Waals surface area contributed by atoms with E-state index in [0.29, 0.717) is 17.4 Å². The predicted molar refractivity (Wildman–Crippen MR) is 82.6 cm³/mol. The fourth-order valence-electron chi connectivity index (χ4n) is 3.51. The summed E-state index contributed by atoms with van der Waals surface area (Å²) in [6, 6.07) is 16.3. The Morgan fingerprint density at radius 1 is 1.11 bits per heavy atom. The van der Waals surface area contributed by atoms with Crippen molar-refractivity contribution in [3.8, 4) is 0 Å². The topological polar surface area (TPSA) is 12.0 Å². The van der Waals surface area contributed by atoms with Crippen molar-refractivity contribution in [3.63, 3.8) is 0 Å². The molecule has 0 saturated heterocycles. The highest BCUT2D eigenvalue weighted by molar-refractivity contribution is 5.83. The van der Waals surface area contributed by atoms with Crippen molar-refractivity contribution in [1.29, 1.82) is 0 Å². The van der Waals surface area contributed by atoms with Crippen LogP contribution in [-0.4, -0.2) is 12.6 Å². The molecule has 0 radical (unpaired) electrons. The van der Waals surface area contributed by atoms with Crippen LogP contribution in [0.25, 0.3) is 10.8 Å². The minimum Gasteiger partial charge on any atom is -0.314 e. The molecule has 100 valence electrons. The van der Waals surface area contributed by atoms with Gasteiger partial charge < -0.3 is 5.32 Å². The van der Waals surface area contributed by atoms with Crippen LogP contribution < -0.4 is 5.32 Å². The molecule has 1 nitrogen and oxygen atoms in total. The molecule has 2 aromatic rings. The van der Waals surface area contributed by atoms with Crippen LogP contribution in [0.2, 0.25) is 0 Å². The van der Waals surface area contributed by atoms with E-state index < -0.39 is 0 Å². The predicted octanol–water partition coefficient (Wildman–Crippen LogP) is 4.33. The summed E-state index contributed by atoms with van der Waals surface area (Å²) in [5, 5.41) is 6.31. The third-order valence-electron chi connectivity index (χ3n) is 4.89. The molecule has 0 spiro atoms. The van der Waals surface area contributed by atoms with E-state index >= 15 is 0 Å². The van der Waals surface area contributed by atoms with Gasteiger partial charge in [-0.2, -0.15) is 0 Å². The second-order valence-corrected chi connectivity index (χ2v) is 6.33. The molecule has 0 amide bonds. The Bertz CT molecular complexity index is 585. The lowest BCUT2D eigenvalue weighted by atomic mass is 9.56. The van der Waals surface area contributed by atoms with Crippen molar-refractivity contribution in [1.82, 2.24) is 5.32 Å². The summed E-state index contributed by atoms with van der Waals surface area (Å²) in [6.07, 6.45) is 1.26. The van der Waals surface area contributed by atoms with Gasteiger partial charge in [0.05, 0.1) is 0 Å². The summed E-state index contributed by atoms with van der Waals surface area (Å²) < 4.78 is 0. The molecule has 1 N–H and O–H groups in total. The molecule has 19 heavy (non-hydrogen) atoms. The zero-order valence-corrected chi connectivity index (χ0v) is 12.1. The van der Waals surface area contributed by atoms with Gasteiger partial charge in [0.25, 0.3) is 0 Å². The second-order valence-electron chi connectivity index (χ2n) is 6.33. The van der Waals surface area contributed by atoms with Crippen LogP contribution in [0.15, 0.2) is 42.5 Å². The van der Waals surface area contributed by atoms with Crippen molar-refractivity contribution in [2.45, 2.75) is 39.2 Å². The largest absolute Gasteiger partial charge is 0.314 e. The molecule has 3 rings (SSSR count). The fourth-order valence-corrected chi connectivity index (χ4v) is 3.51. The monoisotopic (exact) mass is 253 g/mol. The van der Waals surface area contributed by atoms with Crippen LogP contribution in [0.3, 0.4) is 0 Å². The Balaban J connectivity index is 1.89. The summed E-state index contributed by atoms with van der Waals surface area (Å²) in [4.78, 5) is 0. The standard InChI is InChI=1S/C18H23N/c1-4-19-17-12-16(18(17,2)3)15-10-9-13-7-5-6-8-14(13)11-15/h5-11,16-17,19H,4,12H2,1-3H3. The van der Waals surface area contributed by atoms with Crippen LogP contribution in [0, 0.1) is 5.41 Å². The first-order valence-corrected chi connectivity index (χ1v) is 7.35. The number of nitrogens with one attached hydrogen (secondary N) is 1. The fraction of sp³-hybridized carbons (Fsp3) is 0.444. The lowest BCUT2D eigenvalue weighted by Crippen LogP contribution is -2.55. The van der Waals surface area contributed by atoms with Crippen molar-refractivity contribution in [2.75, 3.05) is 6.54 Å². The minimum atomic E-state index is 0.360. The van der Waals surface area contributed by atoms with E-state index in [1.54, 1.807) is 0 Å². The van der Waals surface area contributed by atoms with E-state index in [2.05, 4.69) is 68.6 Å². The van der Waals surface area contributed by atoms with Gasteiger partial charge in [0, 0.05) is 6.04 Å². The number of benzene rings is 2. The molecule has 0 aliphatic heterocycles. The third-order valence-corrected chi connectivity index (χ3v) is 4.89. The van der Waals surface area contributed by atoms with Crippen LogP contribution >= 0.6 is 0 Å². The van der Waals surface area contributed by atoms with Crippen LogP contribution in [0.5, 0.6) is 0 Å². The molecular formula is C18H23N. The highest BCUT2D eigenvalue weighted by Gasteiger charge is 2.47. The molecule has 2 unspecified atom stereocenters.